The predicted molar refractivity (Wildman–Crippen MR) is 50.3 cm³/mol. The number of nitrogens with zero attached hydrogens (tertiary/aromatic N) is 1. The van der Waals surface area contributed by atoms with Crippen molar-refractivity contribution in [1.29, 1.82) is 0 Å². The second kappa shape index (κ2) is 3.18. The number of nitrogens with one attached hydrogen (secondary N) is 1. The molecule has 0 aromatic heterocycles. The Morgan fingerprint density at radius 2 is 1.92 bits per heavy atom. The van der Waals surface area contributed by atoms with E-state index in [1.165, 1.54) is 12.8 Å². The fourth-order valence-electron chi connectivity index (χ4n) is 2.73. The molecule has 0 radical (unpaired) electrons. The van der Waals surface area contributed by atoms with Gasteiger partial charge >= 0.3 is 6.03 Å². The summed E-state index contributed by atoms with van der Waals surface area (Å²) in [4.78, 5) is 13.1. The zero-order valence-corrected chi connectivity index (χ0v) is 7.99. The molecule has 2 amide bonds. The average molecular weight is 183 g/mol. The Morgan fingerprint density at radius 3 is 2.38 bits per heavy atom. The second-order valence-electron chi connectivity index (χ2n) is 4.23. The maximum atomic E-state index is 10.7. The monoisotopic (exact) mass is 183 g/mol. The van der Waals surface area contributed by atoms with Crippen molar-refractivity contribution in [2.45, 2.75) is 43.8 Å². The van der Waals surface area contributed by atoms with E-state index in [9.17, 15) is 4.79 Å². The molecule has 2 bridgehead atoms. The molecule has 2 fully saturated rings. The molecule has 13 heavy (non-hydrogen) atoms. The highest BCUT2D eigenvalue weighted by Gasteiger charge is 2.38. The molecule has 0 aromatic carbocycles. The van der Waals surface area contributed by atoms with E-state index in [-0.39, 0.29) is 6.03 Å². The third kappa shape index (κ3) is 1.63. The van der Waals surface area contributed by atoms with Crippen LogP contribution < -0.4 is 11.1 Å². The van der Waals surface area contributed by atoms with Gasteiger partial charge in [-0.25, -0.2) is 4.79 Å². The van der Waals surface area contributed by atoms with Gasteiger partial charge in [0.25, 0.3) is 0 Å². The van der Waals surface area contributed by atoms with Crippen LogP contribution in [0.25, 0.3) is 0 Å². The number of piperidine rings is 1. The summed E-state index contributed by atoms with van der Waals surface area (Å²) in [7, 11) is 2.18. The minimum atomic E-state index is -0.381. The first-order chi connectivity index (χ1) is 6.16. The number of carbonyl (C=O) groups excluding carboxylic acids is 1. The lowest BCUT2D eigenvalue weighted by Gasteiger charge is -2.36. The number of urea groups is 1. The van der Waals surface area contributed by atoms with Crippen LogP contribution in [0.4, 0.5) is 4.79 Å². The number of primary amides is 1. The van der Waals surface area contributed by atoms with E-state index in [2.05, 4.69) is 17.3 Å². The summed E-state index contributed by atoms with van der Waals surface area (Å²) < 4.78 is 0. The zero-order valence-electron chi connectivity index (χ0n) is 7.99. The van der Waals surface area contributed by atoms with Gasteiger partial charge in [0.05, 0.1) is 0 Å². The molecule has 4 nitrogen and oxygen atoms in total. The molecule has 2 atom stereocenters. The molecule has 0 aromatic rings. The Bertz CT molecular complexity index is 205. The number of hydrogen-bond acceptors (Lipinski definition) is 2. The summed E-state index contributed by atoms with van der Waals surface area (Å²) in [6.45, 7) is 0. The first kappa shape index (κ1) is 8.81. The second-order valence-corrected chi connectivity index (χ2v) is 4.23. The lowest BCUT2D eigenvalue weighted by Crippen LogP contribution is -2.49. The molecule has 74 valence electrons. The van der Waals surface area contributed by atoms with Gasteiger partial charge < -0.3 is 16.0 Å². The van der Waals surface area contributed by atoms with E-state index in [1.54, 1.807) is 0 Å². The van der Waals surface area contributed by atoms with E-state index in [0.717, 1.165) is 12.8 Å². The van der Waals surface area contributed by atoms with Gasteiger partial charge in [0.15, 0.2) is 0 Å². The summed E-state index contributed by atoms with van der Waals surface area (Å²) in [5.41, 5.74) is 5.11. The first-order valence-corrected chi connectivity index (χ1v) is 4.94. The lowest BCUT2D eigenvalue weighted by atomic mass is 9.98. The van der Waals surface area contributed by atoms with Crippen LogP contribution in [-0.2, 0) is 0 Å². The molecule has 3 N–H and O–H groups in total. The van der Waals surface area contributed by atoms with Crippen LogP contribution in [0.2, 0.25) is 0 Å². The Balaban J connectivity index is 1.95. The van der Waals surface area contributed by atoms with E-state index < -0.39 is 0 Å². The maximum Gasteiger partial charge on any atom is 0.312 e. The van der Waals surface area contributed by atoms with Crippen LogP contribution in [0.15, 0.2) is 0 Å². The number of fused-ring (bicyclic) bond motifs is 2. The van der Waals surface area contributed by atoms with Crippen LogP contribution in [0.5, 0.6) is 0 Å². The normalized spacial score (nSPS) is 39.0. The van der Waals surface area contributed by atoms with Crippen molar-refractivity contribution >= 4 is 6.03 Å². The molecule has 2 aliphatic rings. The average Bonchev–Trinajstić information content (AvgIpc) is 2.33. The maximum absolute atomic E-state index is 10.7. The van der Waals surface area contributed by atoms with Crippen LogP contribution in [-0.4, -0.2) is 36.1 Å². The minimum Gasteiger partial charge on any atom is -0.352 e. The van der Waals surface area contributed by atoms with E-state index in [1.807, 2.05) is 0 Å². The number of hydrogen-bond donors (Lipinski definition) is 2. The van der Waals surface area contributed by atoms with Crippen molar-refractivity contribution < 1.29 is 4.79 Å². The molecule has 0 aliphatic carbocycles. The molecule has 4 heteroatoms. The SMILES string of the molecule is CN1C2CCC1CC(NC(N)=O)C2. The quantitative estimate of drug-likeness (QED) is 0.613. The molecule has 2 saturated heterocycles. The van der Waals surface area contributed by atoms with Gasteiger partial charge in [-0.05, 0) is 32.7 Å². The van der Waals surface area contributed by atoms with Crippen molar-refractivity contribution in [1.82, 2.24) is 10.2 Å². The smallest absolute Gasteiger partial charge is 0.312 e. The number of rotatable bonds is 1. The van der Waals surface area contributed by atoms with Crippen LogP contribution in [0, 0.1) is 0 Å². The Morgan fingerprint density at radius 1 is 1.38 bits per heavy atom. The van der Waals surface area contributed by atoms with Crippen molar-refractivity contribution in [3.63, 3.8) is 0 Å². The minimum absolute atomic E-state index is 0.311. The first-order valence-electron chi connectivity index (χ1n) is 4.94. The Hall–Kier alpha value is -0.770. The fraction of sp³-hybridized carbons (Fsp3) is 0.889. The van der Waals surface area contributed by atoms with Crippen LogP contribution in [0.1, 0.15) is 25.7 Å². The summed E-state index contributed by atoms with van der Waals surface area (Å²) in [6, 6.07) is 1.26. The highest BCUT2D eigenvalue weighted by Crippen LogP contribution is 2.33. The van der Waals surface area contributed by atoms with E-state index >= 15 is 0 Å². The summed E-state index contributed by atoms with van der Waals surface area (Å²) in [5.74, 6) is 0. The number of amides is 2. The molecule has 2 heterocycles. The molecular weight excluding hydrogens is 166 g/mol. The van der Waals surface area contributed by atoms with E-state index in [4.69, 9.17) is 5.73 Å². The fourth-order valence-corrected chi connectivity index (χ4v) is 2.73. The predicted octanol–water partition coefficient (Wildman–Crippen LogP) is 0.280. The van der Waals surface area contributed by atoms with Crippen molar-refractivity contribution in [2.75, 3.05) is 7.05 Å². The Kier molecular flexibility index (Phi) is 2.15. The third-order valence-electron chi connectivity index (χ3n) is 3.44. The van der Waals surface area contributed by atoms with Gasteiger partial charge in [-0.2, -0.15) is 0 Å². The number of carbonyl (C=O) groups is 1. The Labute approximate surface area is 78.5 Å². The van der Waals surface area contributed by atoms with Gasteiger partial charge in [0.2, 0.25) is 0 Å². The van der Waals surface area contributed by atoms with Crippen LogP contribution in [0.3, 0.4) is 0 Å². The van der Waals surface area contributed by atoms with Gasteiger partial charge in [0.1, 0.15) is 0 Å². The highest BCUT2D eigenvalue weighted by molar-refractivity contribution is 5.72. The summed E-state index contributed by atoms with van der Waals surface area (Å²) in [5, 5.41) is 2.82. The highest BCUT2D eigenvalue weighted by atomic mass is 16.2. The van der Waals surface area contributed by atoms with Crippen LogP contribution >= 0.6 is 0 Å². The standard InChI is InChI=1S/C9H17N3O/c1-12-7-2-3-8(12)5-6(4-7)11-9(10)13/h6-8H,2-5H2,1H3,(H3,10,11,13). The zero-order chi connectivity index (χ0) is 9.42. The van der Waals surface area contributed by atoms with Gasteiger partial charge in [-0.1, -0.05) is 0 Å². The van der Waals surface area contributed by atoms with Crippen molar-refractivity contribution in [3.05, 3.63) is 0 Å². The topological polar surface area (TPSA) is 58.4 Å². The third-order valence-corrected chi connectivity index (χ3v) is 3.44. The largest absolute Gasteiger partial charge is 0.352 e. The molecule has 2 unspecified atom stereocenters. The molecular formula is C9H17N3O. The molecule has 0 spiro atoms. The van der Waals surface area contributed by atoms with Gasteiger partial charge in [-0.3, -0.25) is 0 Å². The molecule has 2 rings (SSSR count). The van der Waals surface area contributed by atoms with Gasteiger partial charge in [-0.15, -0.1) is 0 Å². The van der Waals surface area contributed by atoms with Crippen molar-refractivity contribution in [2.24, 2.45) is 5.73 Å². The molecule has 2 aliphatic heterocycles. The van der Waals surface area contributed by atoms with E-state index in [0.29, 0.717) is 18.1 Å². The number of nitrogens with two attached hydrogens (primary N) is 1. The lowest BCUT2D eigenvalue weighted by molar-refractivity contribution is 0.150. The summed E-state index contributed by atoms with van der Waals surface area (Å²) >= 11 is 0. The van der Waals surface area contributed by atoms with Gasteiger partial charge in [0, 0.05) is 18.1 Å². The molecule has 0 saturated carbocycles. The van der Waals surface area contributed by atoms with Crippen molar-refractivity contribution in [3.8, 4) is 0 Å². The summed E-state index contributed by atoms with van der Waals surface area (Å²) in [6.07, 6.45) is 4.68.